The molecule has 1 aliphatic rings. The van der Waals surface area contributed by atoms with Crippen LogP contribution >= 0.6 is 0 Å². The zero-order chi connectivity index (χ0) is 16.2. The number of nitrogens with zero attached hydrogens (tertiary/aromatic N) is 5. The SMILES string of the molecule is CN1CCN(c2ccc([N+](=O)[O-])cc2Nc2ncccn2)CC1. The summed E-state index contributed by atoms with van der Waals surface area (Å²) in [5.41, 5.74) is 1.62. The van der Waals surface area contributed by atoms with Gasteiger partial charge in [0.15, 0.2) is 0 Å². The van der Waals surface area contributed by atoms with Gasteiger partial charge in [-0.3, -0.25) is 10.1 Å². The number of nitrogens with one attached hydrogen (secondary N) is 1. The van der Waals surface area contributed by atoms with Crippen LogP contribution in [0.1, 0.15) is 0 Å². The molecule has 8 heteroatoms. The zero-order valence-electron chi connectivity index (χ0n) is 12.8. The van der Waals surface area contributed by atoms with E-state index in [0.717, 1.165) is 31.9 Å². The molecule has 0 bridgehead atoms. The molecule has 120 valence electrons. The van der Waals surface area contributed by atoms with E-state index in [4.69, 9.17) is 0 Å². The molecule has 1 N–H and O–H groups in total. The molecule has 0 saturated carbocycles. The molecule has 3 rings (SSSR count). The van der Waals surface area contributed by atoms with Crippen molar-refractivity contribution in [1.82, 2.24) is 14.9 Å². The average Bonchev–Trinajstić information content (AvgIpc) is 2.56. The van der Waals surface area contributed by atoms with Gasteiger partial charge in [-0.2, -0.15) is 0 Å². The molecule has 0 aliphatic carbocycles. The Bertz CT molecular complexity index is 686. The summed E-state index contributed by atoms with van der Waals surface area (Å²) in [6.45, 7) is 3.66. The first kappa shape index (κ1) is 15.2. The molecule has 0 radical (unpaired) electrons. The van der Waals surface area contributed by atoms with Crippen molar-refractivity contribution < 1.29 is 4.92 Å². The maximum atomic E-state index is 11.1. The highest BCUT2D eigenvalue weighted by Crippen LogP contribution is 2.32. The van der Waals surface area contributed by atoms with Crippen LogP contribution in [0.2, 0.25) is 0 Å². The number of likely N-dealkylation sites (N-methyl/N-ethyl adjacent to an activating group) is 1. The molecule has 0 spiro atoms. The Labute approximate surface area is 133 Å². The Hall–Kier alpha value is -2.74. The molecule has 23 heavy (non-hydrogen) atoms. The van der Waals surface area contributed by atoms with Gasteiger partial charge in [0, 0.05) is 50.7 Å². The zero-order valence-corrected chi connectivity index (χ0v) is 12.8. The van der Waals surface area contributed by atoms with Crippen molar-refractivity contribution in [2.75, 3.05) is 43.4 Å². The molecule has 2 aromatic rings. The van der Waals surface area contributed by atoms with Gasteiger partial charge in [0.25, 0.3) is 5.69 Å². The number of hydrogen-bond acceptors (Lipinski definition) is 7. The molecule has 0 amide bonds. The lowest BCUT2D eigenvalue weighted by Gasteiger charge is -2.35. The highest BCUT2D eigenvalue weighted by atomic mass is 16.6. The van der Waals surface area contributed by atoms with Crippen molar-refractivity contribution in [3.8, 4) is 0 Å². The third kappa shape index (κ3) is 3.54. The molecule has 1 aliphatic heterocycles. The second kappa shape index (κ2) is 6.57. The molecule has 0 atom stereocenters. The summed E-state index contributed by atoms with van der Waals surface area (Å²) >= 11 is 0. The average molecular weight is 314 g/mol. The fourth-order valence-electron chi connectivity index (χ4n) is 2.54. The second-order valence-corrected chi connectivity index (χ2v) is 5.45. The maximum absolute atomic E-state index is 11.1. The summed E-state index contributed by atoms with van der Waals surface area (Å²) in [6.07, 6.45) is 3.25. The van der Waals surface area contributed by atoms with Crippen molar-refractivity contribution in [2.45, 2.75) is 0 Å². The first-order valence-corrected chi connectivity index (χ1v) is 7.39. The Morgan fingerprint density at radius 3 is 2.52 bits per heavy atom. The van der Waals surface area contributed by atoms with Gasteiger partial charge in [-0.05, 0) is 19.2 Å². The van der Waals surface area contributed by atoms with E-state index >= 15 is 0 Å². The molecular formula is C15H18N6O2. The van der Waals surface area contributed by atoms with Crippen molar-refractivity contribution >= 4 is 23.0 Å². The number of piperazine rings is 1. The predicted molar refractivity (Wildman–Crippen MR) is 88.1 cm³/mol. The Balaban J connectivity index is 1.92. The van der Waals surface area contributed by atoms with E-state index in [1.807, 2.05) is 0 Å². The minimum absolute atomic E-state index is 0.0429. The van der Waals surface area contributed by atoms with Crippen LogP contribution in [-0.2, 0) is 0 Å². The fourth-order valence-corrected chi connectivity index (χ4v) is 2.54. The number of nitro benzene ring substituents is 1. The first-order chi connectivity index (χ1) is 11.1. The number of rotatable bonds is 4. The maximum Gasteiger partial charge on any atom is 0.271 e. The van der Waals surface area contributed by atoms with Gasteiger partial charge in [0.2, 0.25) is 5.95 Å². The fraction of sp³-hybridized carbons (Fsp3) is 0.333. The summed E-state index contributed by atoms with van der Waals surface area (Å²) in [7, 11) is 2.09. The lowest BCUT2D eigenvalue weighted by Crippen LogP contribution is -2.44. The van der Waals surface area contributed by atoms with Crippen LogP contribution in [0.25, 0.3) is 0 Å². The van der Waals surface area contributed by atoms with Crippen molar-refractivity contribution in [2.24, 2.45) is 0 Å². The summed E-state index contributed by atoms with van der Waals surface area (Å²) < 4.78 is 0. The van der Waals surface area contributed by atoms with E-state index in [2.05, 4.69) is 32.1 Å². The molecule has 8 nitrogen and oxygen atoms in total. The van der Waals surface area contributed by atoms with Crippen molar-refractivity contribution in [3.05, 3.63) is 46.8 Å². The number of aromatic nitrogens is 2. The molecule has 1 fully saturated rings. The van der Waals surface area contributed by atoms with Gasteiger partial charge in [0.05, 0.1) is 16.3 Å². The van der Waals surface area contributed by atoms with Gasteiger partial charge in [-0.1, -0.05) is 0 Å². The van der Waals surface area contributed by atoms with E-state index < -0.39 is 4.92 Å². The predicted octanol–water partition coefficient (Wildman–Crippen LogP) is 1.88. The molecule has 0 unspecified atom stereocenters. The molecule has 1 saturated heterocycles. The van der Waals surface area contributed by atoms with Crippen LogP contribution in [0.15, 0.2) is 36.7 Å². The molecule has 2 heterocycles. The minimum Gasteiger partial charge on any atom is -0.367 e. The van der Waals surface area contributed by atoms with Crippen molar-refractivity contribution in [3.63, 3.8) is 0 Å². The lowest BCUT2D eigenvalue weighted by atomic mass is 10.2. The molecule has 1 aromatic carbocycles. The van der Waals surface area contributed by atoms with Crippen LogP contribution in [-0.4, -0.2) is 53.0 Å². The van der Waals surface area contributed by atoms with Gasteiger partial charge in [-0.25, -0.2) is 9.97 Å². The largest absolute Gasteiger partial charge is 0.367 e. The van der Waals surface area contributed by atoms with Crippen molar-refractivity contribution in [1.29, 1.82) is 0 Å². The third-order valence-electron chi connectivity index (χ3n) is 3.85. The first-order valence-electron chi connectivity index (χ1n) is 7.39. The van der Waals surface area contributed by atoms with E-state index in [0.29, 0.717) is 11.6 Å². The Kier molecular flexibility index (Phi) is 4.33. The van der Waals surface area contributed by atoms with Gasteiger partial charge in [-0.15, -0.1) is 0 Å². The standard InChI is InChI=1S/C15H18N6O2/c1-19-7-9-20(10-8-19)14-4-3-12(21(22)23)11-13(14)18-15-16-5-2-6-17-15/h2-6,11H,7-10H2,1H3,(H,16,17,18). The van der Waals surface area contributed by atoms with Crippen LogP contribution in [0.5, 0.6) is 0 Å². The van der Waals surface area contributed by atoms with Gasteiger partial charge < -0.3 is 15.1 Å². The Morgan fingerprint density at radius 2 is 1.87 bits per heavy atom. The van der Waals surface area contributed by atoms with Gasteiger partial charge >= 0.3 is 0 Å². The summed E-state index contributed by atoms with van der Waals surface area (Å²) in [5, 5.41) is 14.2. The number of hydrogen-bond donors (Lipinski definition) is 1. The van der Waals surface area contributed by atoms with E-state index in [1.165, 1.54) is 12.1 Å². The monoisotopic (exact) mass is 314 g/mol. The van der Waals surface area contributed by atoms with Crippen LogP contribution in [0.3, 0.4) is 0 Å². The number of anilines is 3. The molecule has 1 aromatic heterocycles. The van der Waals surface area contributed by atoms with Crippen LogP contribution in [0.4, 0.5) is 23.0 Å². The summed E-state index contributed by atoms with van der Waals surface area (Å²) in [4.78, 5) is 23.4. The second-order valence-electron chi connectivity index (χ2n) is 5.45. The number of non-ortho nitro benzene ring substituents is 1. The molecular weight excluding hydrogens is 296 g/mol. The van der Waals surface area contributed by atoms with E-state index in [1.54, 1.807) is 24.5 Å². The van der Waals surface area contributed by atoms with Gasteiger partial charge in [0.1, 0.15) is 0 Å². The number of nitro groups is 1. The quantitative estimate of drug-likeness (QED) is 0.681. The van der Waals surface area contributed by atoms with E-state index in [9.17, 15) is 10.1 Å². The summed E-state index contributed by atoms with van der Waals surface area (Å²) in [6, 6.07) is 6.57. The number of benzene rings is 1. The normalized spacial score (nSPS) is 15.4. The van der Waals surface area contributed by atoms with E-state index in [-0.39, 0.29) is 5.69 Å². The highest BCUT2D eigenvalue weighted by Gasteiger charge is 2.19. The van der Waals surface area contributed by atoms with Crippen LogP contribution < -0.4 is 10.2 Å². The smallest absolute Gasteiger partial charge is 0.271 e. The topological polar surface area (TPSA) is 87.4 Å². The van der Waals surface area contributed by atoms with Crippen LogP contribution in [0, 0.1) is 10.1 Å². The lowest BCUT2D eigenvalue weighted by molar-refractivity contribution is -0.384. The summed E-state index contributed by atoms with van der Waals surface area (Å²) in [5.74, 6) is 0.420. The minimum atomic E-state index is -0.398. The third-order valence-corrected chi connectivity index (χ3v) is 3.85. The highest BCUT2D eigenvalue weighted by molar-refractivity contribution is 5.76. The Morgan fingerprint density at radius 1 is 1.17 bits per heavy atom.